The highest BCUT2D eigenvalue weighted by Crippen LogP contribution is 2.31. The van der Waals surface area contributed by atoms with E-state index in [1.165, 1.54) is 28.0 Å². The lowest BCUT2D eigenvalue weighted by molar-refractivity contribution is -0.138. The number of halogens is 4. The maximum absolute atomic E-state index is 14.4. The van der Waals surface area contributed by atoms with Crippen molar-refractivity contribution in [1.82, 2.24) is 9.88 Å². The van der Waals surface area contributed by atoms with Crippen molar-refractivity contribution in [2.24, 2.45) is 0 Å². The standard InChI is InChI=1S/C25H23F4N3O4S/c1-37(34,35)19-7-8-22(36-16-17-5-3-2-4-6-17)20(14-19)24(33)32-11-9-31(10-12-32)23-21(26)13-18(15-30-23)25(27,28)29/h2-8,13-15H,9-12,16H2,1H3. The molecule has 0 N–H and O–H groups in total. The molecule has 1 saturated heterocycles. The zero-order chi connectivity index (χ0) is 26.8. The van der Waals surface area contributed by atoms with E-state index >= 15 is 0 Å². The van der Waals surface area contributed by atoms with Crippen LogP contribution in [0.3, 0.4) is 0 Å². The van der Waals surface area contributed by atoms with Gasteiger partial charge in [-0.15, -0.1) is 0 Å². The minimum Gasteiger partial charge on any atom is -0.488 e. The molecule has 0 saturated carbocycles. The van der Waals surface area contributed by atoms with Gasteiger partial charge in [0, 0.05) is 38.6 Å². The number of carbonyl (C=O) groups is 1. The number of ether oxygens (including phenoxy) is 1. The molecule has 0 aliphatic carbocycles. The van der Waals surface area contributed by atoms with E-state index < -0.39 is 33.3 Å². The van der Waals surface area contributed by atoms with E-state index in [0.717, 1.165) is 11.8 Å². The van der Waals surface area contributed by atoms with Gasteiger partial charge in [0.2, 0.25) is 0 Å². The summed E-state index contributed by atoms with van der Waals surface area (Å²) in [6.07, 6.45) is -3.10. The Morgan fingerprint density at radius 3 is 2.30 bits per heavy atom. The average molecular weight is 538 g/mol. The molecule has 4 rings (SSSR count). The third-order valence-corrected chi connectivity index (χ3v) is 6.97. The zero-order valence-electron chi connectivity index (χ0n) is 19.7. The van der Waals surface area contributed by atoms with Crippen molar-refractivity contribution in [1.29, 1.82) is 0 Å². The van der Waals surface area contributed by atoms with Crippen LogP contribution in [0.15, 0.2) is 65.7 Å². The van der Waals surface area contributed by atoms with Crippen LogP contribution < -0.4 is 9.64 Å². The van der Waals surface area contributed by atoms with E-state index in [1.54, 1.807) is 0 Å². The third-order valence-electron chi connectivity index (χ3n) is 5.86. The molecule has 1 amide bonds. The molecule has 0 atom stereocenters. The first-order valence-electron chi connectivity index (χ1n) is 11.2. The number of hydrogen-bond donors (Lipinski definition) is 0. The third kappa shape index (κ3) is 6.19. The van der Waals surface area contributed by atoms with Gasteiger partial charge in [-0.1, -0.05) is 30.3 Å². The van der Waals surface area contributed by atoms with Crippen LogP contribution in [0.1, 0.15) is 21.5 Å². The fraction of sp³-hybridized carbons (Fsp3) is 0.280. The van der Waals surface area contributed by atoms with Crippen molar-refractivity contribution in [2.45, 2.75) is 17.7 Å². The van der Waals surface area contributed by atoms with Gasteiger partial charge in [0.05, 0.1) is 16.0 Å². The van der Waals surface area contributed by atoms with Gasteiger partial charge >= 0.3 is 6.18 Å². The molecule has 196 valence electrons. The Kier molecular flexibility index (Phi) is 7.39. The molecule has 1 aromatic heterocycles. The van der Waals surface area contributed by atoms with E-state index in [4.69, 9.17) is 4.74 Å². The monoisotopic (exact) mass is 537 g/mol. The predicted octanol–water partition coefficient (Wildman–Crippen LogP) is 4.18. The second-order valence-electron chi connectivity index (χ2n) is 8.51. The summed E-state index contributed by atoms with van der Waals surface area (Å²) in [6, 6.07) is 13.7. The van der Waals surface area contributed by atoms with Crippen molar-refractivity contribution >= 4 is 21.6 Å². The highest BCUT2D eigenvalue weighted by molar-refractivity contribution is 7.90. The van der Waals surface area contributed by atoms with Crippen LogP contribution in [0.2, 0.25) is 0 Å². The van der Waals surface area contributed by atoms with Gasteiger partial charge in [-0.3, -0.25) is 4.79 Å². The predicted molar refractivity (Wildman–Crippen MR) is 128 cm³/mol. The van der Waals surface area contributed by atoms with E-state index in [0.29, 0.717) is 12.3 Å². The minimum absolute atomic E-state index is 0.0439. The largest absolute Gasteiger partial charge is 0.488 e. The number of sulfone groups is 1. The number of amides is 1. The second kappa shape index (κ2) is 10.4. The number of piperazine rings is 1. The summed E-state index contributed by atoms with van der Waals surface area (Å²) >= 11 is 0. The SMILES string of the molecule is CS(=O)(=O)c1ccc(OCc2ccccc2)c(C(=O)N2CCN(c3ncc(C(F)(F)F)cc3F)CC2)c1. The molecule has 0 spiro atoms. The van der Waals surface area contributed by atoms with Crippen LogP contribution in [0.25, 0.3) is 0 Å². The van der Waals surface area contributed by atoms with Crippen molar-refractivity contribution in [3.8, 4) is 5.75 Å². The summed E-state index contributed by atoms with van der Waals surface area (Å²) in [7, 11) is -3.60. The van der Waals surface area contributed by atoms with Crippen LogP contribution >= 0.6 is 0 Å². The number of benzene rings is 2. The Bertz CT molecular complexity index is 1390. The molecule has 3 aromatic rings. The highest BCUT2D eigenvalue weighted by atomic mass is 32.2. The normalized spacial score (nSPS) is 14.5. The first-order valence-corrected chi connectivity index (χ1v) is 13.1. The Morgan fingerprint density at radius 2 is 1.70 bits per heavy atom. The van der Waals surface area contributed by atoms with Gasteiger partial charge < -0.3 is 14.5 Å². The number of aromatic nitrogens is 1. The van der Waals surface area contributed by atoms with E-state index in [1.807, 2.05) is 30.3 Å². The fourth-order valence-electron chi connectivity index (χ4n) is 3.88. The quantitative estimate of drug-likeness (QED) is 0.439. The molecule has 7 nitrogen and oxygen atoms in total. The first-order chi connectivity index (χ1) is 17.4. The lowest BCUT2D eigenvalue weighted by Crippen LogP contribution is -2.49. The molecule has 0 unspecified atom stereocenters. The van der Waals surface area contributed by atoms with Gasteiger partial charge in [-0.05, 0) is 29.8 Å². The maximum Gasteiger partial charge on any atom is 0.417 e. The molecule has 2 aromatic carbocycles. The number of alkyl halides is 3. The van der Waals surface area contributed by atoms with Crippen LogP contribution in [-0.4, -0.2) is 56.6 Å². The van der Waals surface area contributed by atoms with E-state index in [-0.39, 0.29) is 54.8 Å². The molecule has 0 bridgehead atoms. The second-order valence-corrected chi connectivity index (χ2v) is 10.5. The number of anilines is 1. The summed E-state index contributed by atoms with van der Waals surface area (Å²) in [5, 5.41) is 0. The molecule has 1 aliphatic rings. The molecular formula is C25H23F4N3O4S. The Morgan fingerprint density at radius 1 is 1.03 bits per heavy atom. The van der Waals surface area contributed by atoms with Gasteiger partial charge in [-0.2, -0.15) is 13.2 Å². The molecule has 0 radical (unpaired) electrons. The van der Waals surface area contributed by atoms with E-state index in [2.05, 4.69) is 4.98 Å². The molecule has 1 aliphatic heterocycles. The number of rotatable bonds is 6. The molecule has 1 fully saturated rings. The van der Waals surface area contributed by atoms with Crippen LogP contribution in [0.5, 0.6) is 5.75 Å². The Labute approximate surface area is 211 Å². The van der Waals surface area contributed by atoms with Crippen molar-refractivity contribution in [2.75, 3.05) is 37.3 Å². The topological polar surface area (TPSA) is 79.8 Å². The Hall–Kier alpha value is -3.67. The maximum atomic E-state index is 14.4. The highest BCUT2D eigenvalue weighted by Gasteiger charge is 2.33. The number of pyridine rings is 1. The van der Waals surface area contributed by atoms with Gasteiger partial charge in [0.1, 0.15) is 12.4 Å². The molecule has 12 heteroatoms. The van der Waals surface area contributed by atoms with Crippen LogP contribution in [0, 0.1) is 5.82 Å². The lowest BCUT2D eigenvalue weighted by Gasteiger charge is -2.35. The van der Waals surface area contributed by atoms with Crippen molar-refractivity contribution in [3.63, 3.8) is 0 Å². The average Bonchev–Trinajstić information content (AvgIpc) is 2.86. The smallest absolute Gasteiger partial charge is 0.417 e. The summed E-state index contributed by atoms with van der Waals surface area (Å²) in [5.41, 5.74) is -0.268. The number of carbonyl (C=O) groups excluding carboxylic acids is 1. The van der Waals surface area contributed by atoms with Crippen LogP contribution in [-0.2, 0) is 22.6 Å². The summed E-state index contributed by atoms with van der Waals surface area (Å²) in [5.74, 6) is -1.61. The summed E-state index contributed by atoms with van der Waals surface area (Å²) < 4.78 is 82.9. The van der Waals surface area contributed by atoms with Gasteiger partial charge in [0.15, 0.2) is 21.5 Å². The van der Waals surface area contributed by atoms with Gasteiger partial charge in [-0.25, -0.2) is 17.8 Å². The fourth-order valence-corrected chi connectivity index (χ4v) is 4.53. The lowest BCUT2D eigenvalue weighted by atomic mass is 10.1. The number of hydrogen-bond acceptors (Lipinski definition) is 6. The van der Waals surface area contributed by atoms with E-state index in [9.17, 15) is 30.8 Å². The van der Waals surface area contributed by atoms with Crippen molar-refractivity contribution < 1.29 is 35.5 Å². The molecule has 37 heavy (non-hydrogen) atoms. The Balaban J connectivity index is 1.52. The number of nitrogens with zero attached hydrogens (tertiary/aromatic N) is 3. The first kappa shape index (κ1) is 26.4. The van der Waals surface area contributed by atoms with Gasteiger partial charge in [0.25, 0.3) is 5.91 Å². The minimum atomic E-state index is -4.71. The molecule has 2 heterocycles. The molecular weight excluding hydrogens is 514 g/mol. The van der Waals surface area contributed by atoms with Crippen LogP contribution in [0.4, 0.5) is 23.4 Å². The van der Waals surface area contributed by atoms with Crippen molar-refractivity contribution in [3.05, 3.63) is 83.3 Å². The summed E-state index contributed by atoms with van der Waals surface area (Å²) in [4.78, 5) is 19.9. The summed E-state index contributed by atoms with van der Waals surface area (Å²) in [6.45, 7) is 0.621. The zero-order valence-corrected chi connectivity index (χ0v) is 20.5.